The maximum absolute atomic E-state index is 12.7. The summed E-state index contributed by atoms with van der Waals surface area (Å²) in [5, 5.41) is 0.647. The molecule has 0 spiro atoms. The molecule has 2 aromatic carbocycles. The lowest BCUT2D eigenvalue weighted by molar-refractivity contribution is 0.312. The minimum Gasteiger partial charge on any atom is -0.302 e. The predicted octanol–water partition coefficient (Wildman–Crippen LogP) is 3.66. The van der Waals surface area contributed by atoms with E-state index in [1.807, 2.05) is 30.3 Å². The highest BCUT2D eigenvalue weighted by molar-refractivity contribution is 6.16. The van der Waals surface area contributed by atoms with Gasteiger partial charge in [-0.05, 0) is 37.7 Å². The number of nitrogens with zero attached hydrogens (tertiary/aromatic N) is 3. The van der Waals surface area contributed by atoms with E-state index in [4.69, 9.17) is 11.6 Å². The van der Waals surface area contributed by atoms with E-state index < -0.39 is 0 Å². The average molecular weight is 356 g/mol. The molecule has 0 unspecified atom stereocenters. The molecule has 0 saturated heterocycles. The summed E-state index contributed by atoms with van der Waals surface area (Å²) in [6, 6.07) is 17.8. The maximum Gasteiger partial charge on any atom is 0.261 e. The predicted molar refractivity (Wildman–Crippen MR) is 103 cm³/mol. The largest absolute Gasteiger partial charge is 0.302 e. The highest BCUT2D eigenvalue weighted by atomic mass is 35.5. The van der Waals surface area contributed by atoms with E-state index in [0.717, 1.165) is 19.5 Å². The lowest BCUT2D eigenvalue weighted by atomic mass is 10.2. The zero-order chi connectivity index (χ0) is 17.6. The van der Waals surface area contributed by atoms with Crippen LogP contribution >= 0.6 is 11.6 Å². The molecule has 0 aliphatic heterocycles. The molecule has 1 heterocycles. The van der Waals surface area contributed by atoms with E-state index in [1.54, 1.807) is 4.57 Å². The first-order valence-corrected chi connectivity index (χ1v) is 8.99. The van der Waals surface area contributed by atoms with Crippen molar-refractivity contribution >= 4 is 22.5 Å². The monoisotopic (exact) mass is 355 g/mol. The Morgan fingerprint density at radius 3 is 2.56 bits per heavy atom. The van der Waals surface area contributed by atoms with Crippen LogP contribution < -0.4 is 5.56 Å². The number of hydrogen-bond acceptors (Lipinski definition) is 3. The third kappa shape index (κ3) is 4.27. The summed E-state index contributed by atoms with van der Waals surface area (Å²) < 4.78 is 1.71. The van der Waals surface area contributed by atoms with E-state index in [0.29, 0.717) is 23.3 Å². The molecule has 0 saturated carbocycles. The van der Waals surface area contributed by atoms with Crippen LogP contribution in [0.15, 0.2) is 59.4 Å². The van der Waals surface area contributed by atoms with Gasteiger partial charge in [0, 0.05) is 13.1 Å². The number of benzene rings is 2. The molecular formula is C20H22ClN3O. The minimum absolute atomic E-state index is 0.00744. The van der Waals surface area contributed by atoms with Gasteiger partial charge in [-0.1, -0.05) is 42.5 Å². The number of para-hydroxylation sites is 1. The summed E-state index contributed by atoms with van der Waals surface area (Å²) >= 11 is 6.02. The van der Waals surface area contributed by atoms with Gasteiger partial charge in [-0.15, -0.1) is 11.6 Å². The number of rotatable bonds is 7. The Morgan fingerprint density at radius 2 is 1.80 bits per heavy atom. The molecule has 3 rings (SSSR count). The maximum atomic E-state index is 12.7. The van der Waals surface area contributed by atoms with Crippen LogP contribution in [0.4, 0.5) is 0 Å². The van der Waals surface area contributed by atoms with Gasteiger partial charge in [0.25, 0.3) is 5.56 Å². The summed E-state index contributed by atoms with van der Waals surface area (Å²) in [4.78, 5) is 19.5. The number of hydrogen-bond donors (Lipinski definition) is 0. The van der Waals surface area contributed by atoms with Crippen molar-refractivity contribution < 1.29 is 0 Å². The third-order valence-corrected chi connectivity index (χ3v) is 4.52. The smallest absolute Gasteiger partial charge is 0.261 e. The summed E-state index contributed by atoms with van der Waals surface area (Å²) in [6.07, 6.45) is 0.868. The van der Waals surface area contributed by atoms with E-state index >= 15 is 0 Å². The topological polar surface area (TPSA) is 38.1 Å². The van der Waals surface area contributed by atoms with Crippen LogP contribution in [-0.4, -0.2) is 28.0 Å². The van der Waals surface area contributed by atoms with Gasteiger partial charge in [0.05, 0.1) is 16.8 Å². The Balaban J connectivity index is 1.68. The standard InChI is InChI=1S/C20H22ClN3O/c1-23(15-16-8-3-2-4-9-16)12-7-13-24-19(14-21)22-18-11-6-5-10-17(18)20(24)25/h2-6,8-11H,7,12-15H2,1H3. The van der Waals surface area contributed by atoms with E-state index in [-0.39, 0.29) is 11.4 Å². The molecule has 4 nitrogen and oxygen atoms in total. The number of halogens is 1. The Morgan fingerprint density at radius 1 is 1.08 bits per heavy atom. The molecule has 0 atom stereocenters. The van der Waals surface area contributed by atoms with Crippen molar-refractivity contribution in [1.29, 1.82) is 0 Å². The second-order valence-corrected chi connectivity index (χ2v) is 6.48. The molecule has 5 heteroatoms. The van der Waals surface area contributed by atoms with Crippen LogP contribution in [0.2, 0.25) is 0 Å². The fraction of sp³-hybridized carbons (Fsp3) is 0.300. The van der Waals surface area contributed by atoms with Crippen molar-refractivity contribution in [3.8, 4) is 0 Å². The van der Waals surface area contributed by atoms with Gasteiger partial charge in [-0.2, -0.15) is 0 Å². The second-order valence-electron chi connectivity index (χ2n) is 6.21. The van der Waals surface area contributed by atoms with Crippen LogP contribution in [0, 0.1) is 0 Å². The van der Waals surface area contributed by atoms with Crippen molar-refractivity contribution in [3.63, 3.8) is 0 Å². The van der Waals surface area contributed by atoms with Crippen LogP contribution in [-0.2, 0) is 19.0 Å². The van der Waals surface area contributed by atoms with E-state index in [1.165, 1.54) is 5.56 Å². The molecule has 0 fully saturated rings. The molecule has 25 heavy (non-hydrogen) atoms. The Bertz CT molecular complexity index is 892. The van der Waals surface area contributed by atoms with Crippen molar-refractivity contribution in [2.45, 2.75) is 25.4 Å². The van der Waals surface area contributed by atoms with Gasteiger partial charge in [0.2, 0.25) is 0 Å². The van der Waals surface area contributed by atoms with Crippen LogP contribution in [0.1, 0.15) is 17.8 Å². The number of aromatic nitrogens is 2. The fourth-order valence-electron chi connectivity index (χ4n) is 3.02. The zero-order valence-electron chi connectivity index (χ0n) is 14.4. The highest BCUT2D eigenvalue weighted by Gasteiger charge is 2.10. The average Bonchev–Trinajstić information content (AvgIpc) is 2.64. The summed E-state index contributed by atoms with van der Waals surface area (Å²) in [6.45, 7) is 2.42. The van der Waals surface area contributed by atoms with Crippen molar-refractivity contribution in [3.05, 3.63) is 76.3 Å². The molecular weight excluding hydrogens is 334 g/mol. The van der Waals surface area contributed by atoms with E-state index in [2.05, 4.69) is 41.2 Å². The van der Waals surface area contributed by atoms with Gasteiger partial charge in [-0.25, -0.2) is 4.98 Å². The second kappa shape index (κ2) is 8.28. The van der Waals surface area contributed by atoms with Crippen molar-refractivity contribution in [2.24, 2.45) is 0 Å². The first-order valence-electron chi connectivity index (χ1n) is 8.46. The summed E-state index contributed by atoms with van der Waals surface area (Å²) in [5.74, 6) is 0.871. The highest BCUT2D eigenvalue weighted by Crippen LogP contribution is 2.10. The summed E-state index contributed by atoms with van der Waals surface area (Å²) in [5.41, 5.74) is 1.99. The van der Waals surface area contributed by atoms with Gasteiger partial charge in [0.15, 0.2) is 0 Å². The normalized spacial score (nSPS) is 11.3. The zero-order valence-corrected chi connectivity index (χ0v) is 15.1. The molecule has 0 aliphatic rings. The molecule has 3 aromatic rings. The number of alkyl halides is 1. The van der Waals surface area contributed by atoms with Crippen LogP contribution in [0.5, 0.6) is 0 Å². The Labute approximate surface area is 152 Å². The van der Waals surface area contributed by atoms with Crippen LogP contribution in [0.25, 0.3) is 10.9 Å². The van der Waals surface area contributed by atoms with Gasteiger partial charge in [0.1, 0.15) is 5.82 Å². The van der Waals surface area contributed by atoms with Crippen molar-refractivity contribution in [2.75, 3.05) is 13.6 Å². The lowest BCUT2D eigenvalue weighted by Crippen LogP contribution is -2.27. The summed E-state index contributed by atoms with van der Waals surface area (Å²) in [7, 11) is 2.09. The fourth-order valence-corrected chi connectivity index (χ4v) is 3.22. The van der Waals surface area contributed by atoms with Crippen molar-refractivity contribution in [1.82, 2.24) is 14.5 Å². The first-order chi connectivity index (χ1) is 12.2. The quantitative estimate of drug-likeness (QED) is 0.607. The number of fused-ring (bicyclic) bond motifs is 1. The molecule has 0 radical (unpaired) electrons. The Kier molecular flexibility index (Phi) is 5.84. The van der Waals surface area contributed by atoms with Gasteiger partial charge in [-0.3, -0.25) is 9.36 Å². The molecule has 0 amide bonds. The SMILES string of the molecule is CN(CCCn1c(CCl)nc2ccccc2c1=O)Cc1ccccc1. The van der Waals surface area contributed by atoms with E-state index in [9.17, 15) is 4.79 Å². The van der Waals surface area contributed by atoms with Gasteiger partial charge >= 0.3 is 0 Å². The third-order valence-electron chi connectivity index (χ3n) is 4.28. The molecule has 130 valence electrons. The molecule has 0 aliphatic carbocycles. The molecule has 0 N–H and O–H groups in total. The van der Waals surface area contributed by atoms with Crippen LogP contribution in [0.3, 0.4) is 0 Å². The Hall–Kier alpha value is -2.17. The first kappa shape index (κ1) is 17.6. The lowest BCUT2D eigenvalue weighted by Gasteiger charge is -2.18. The molecule has 1 aromatic heterocycles. The minimum atomic E-state index is -0.00744. The van der Waals surface area contributed by atoms with Gasteiger partial charge < -0.3 is 4.90 Å². The molecule has 0 bridgehead atoms.